The molecular formula is C22H19Cl2F4NO3S. The summed E-state index contributed by atoms with van der Waals surface area (Å²) in [4.78, 5) is 12.5. The van der Waals surface area contributed by atoms with Gasteiger partial charge in [0.2, 0.25) is 0 Å². The zero-order valence-corrected chi connectivity index (χ0v) is 19.5. The number of benzene rings is 2. The van der Waals surface area contributed by atoms with Crippen LogP contribution in [0.3, 0.4) is 0 Å². The molecule has 0 aromatic heterocycles. The standard InChI is InChI=1S/C22H19Cl2F4NO3S/c1-2-13-7-12(3-5-16(13)21(30)29-15-10-33(31,32)11-15)4-6-17(22(26,27)28)14-8-18(23)20(25)19(24)9-14/h3-9,15,17H,2,10-11H2,1H3,(H,29,30)/b6-4+. The van der Waals surface area contributed by atoms with Gasteiger partial charge >= 0.3 is 6.18 Å². The first-order chi connectivity index (χ1) is 15.3. The minimum Gasteiger partial charge on any atom is -0.347 e. The van der Waals surface area contributed by atoms with Gasteiger partial charge in [0.1, 0.15) is 0 Å². The lowest BCUT2D eigenvalue weighted by molar-refractivity contribution is -0.139. The molecule has 1 unspecified atom stereocenters. The lowest BCUT2D eigenvalue weighted by Crippen LogP contribution is -2.53. The summed E-state index contributed by atoms with van der Waals surface area (Å²) in [6.45, 7) is 1.79. The van der Waals surface area contributed by atoms with E-state index < -0.39 is 49.7 Å². The average Bonchev–Trinajstić information content (AvgIpc) is 2.69. The number of carbonyl (C=O) groups is 1. The number of allylic oxidation sites excluding steroid dienone is 1. The number of hydrogen-bond acceptors (Lipinski definition) is 3. The number of sulfone groups is 1. The Kier molecular flexibility index (Phi) is 7.45. The molecule has 1 heterocycles. The van der Waals surface area contributed by atoms with Crippen molar-refractivity contribution in [1.82, 2.24) is 5.32 Å². The fourth-order valence-corrected chi connectivity index (χ4v) is 5.31. The van der Waals surface area contributed by atoms with Gasteiger partial charge in [0.15, 0.2) is 15.7 Å². The normalized spacial score (nSPS) is 17.1. The van der Waals surface area contributed by atoms with Gasteiger partial charge in [0, 0.05) is 5.56 Å². The number of nitrogens with one attached hydrogen (secondary N) is 1. The van der Waals surface area contributed by atoms with E-state index in [1.165, 1.54) is 18.2 Å². The van der Waals surface area contributed by atoms with Crippen LogP contribution in [0, 0.1) is 5.82 Å². The maximum Gasteiger partial charge on any atom is 0.399 e. The monoisotopic (exact) mass is 523 g/mol. The summed E-state index contributed by atoms with van der Waals surface area (Å²) >= 11 is 11.3. The molecule has 1 saturated heterocycles. The molecule has 0 bridgehead atoms. The highest BCUT2D eigenvalue weighted by Crippen LogP contribution is 2.39. The number of aryl methyl sites for hydroxylation is 1. The van der Waals surface area contributed by atoms with Crippen molar-refractivity contribution in [3.05, 3.63) is 74.5 Å². The van der Waals surface area contributed by atoms with Crippen LogP contribution in [0.5, 0.6) is 0 Å². The molecule has 1 fully saturated rings. The molecular weight excluding hydrogens is 505 g/mol. The van der Waals surface area contributed by atoms with Gasteiger partial charge in [0.25, 0.3) is 5.91 Å². The Morgan fingerprint density at radius 2 is 1.79 bits per heavy atom. The summed E-state index contributed by atoms with van der Waals surface area (Å²) in [5.74, 6) is -3.74. The van der Waals surface area contributed by atoms with Crippen LogP contribution in [0.25, 0.3) is 6.08 Å². The molecule has 1 aliphatic heterocycles. The van der Waals surface area contributed by atoms with Crippen molar-refractivity contribution in [3.8, 4) is 0 Å². The quantitative estimate of drug-likeness (QED) is 0.397. The molecule has 1 atom stereocenters. The van der Waals surface area contributed by atoms with Crippen molar-refractivity contribution in [2.75, 3.05) is 11.5 Å². The van der Waals surface area contributed by atoms with E-state index in [2.05, 4.69) is 5.32 Å². The lowest BCUT2D eigenvalue weighted by atomic mass is 9.95. The number of alkyl halides is 3. The van der Waals surface area contributed by atoms with Crippen LogP contribution in [-0.4, -0.2) is 38.0 Å². The Morgan fingerprint density at radius 1 is 1.18 bits per heavy atom. The predicted molar refractivity (Wildman–Crippen MR) is 120 cm³/mol. The molecule has 0 spiro atoms. The van der Waals surface area contributed by atoms with Crippen LogP contribution in [0.1, 0.15) is 39.9 Å². The van der Waals surface area contributed by atoms with Gasteiger partial charge in [-0.05, 0) is 41.3 Å². The SMILES string of the molecule is CCc1cc(/C=C/C(c2cc(Cl)c(F)c(Cl)c2)C(F)(F)F)ccc1C(=O)NC1CS(=O)(=O)C1. The Bertz CT molecular complexity index is 1180. The van der Waals surface area contributed by atoms with E-state index in [-0.39, 0.29) is 17.1 Å². The molecule has 33 heavy (non-hydrogen) atoms. The van der Waals surface area contributed by atoms with E-state index in [4.69, 9.17) is 23.2 Å². The van der Waals surface area contributed by atoms with Gasteiger partial charge in [-0.25, -0.2) is 12.8 Å². The van der Waals surface area contributed by atoms with Crippen LogP contribution in [0.15, 0.2) is 36.4 Å². The Hall–Kier alpha value is -2.10. The first kappa shape index (κ1) is 25.5. The minimum absolute atomic E-state index is 0.114. The van der Waals surface area contributed by atoms with Gasteiger partial charge < -0.3 is 5.32 Å². The summed E-state index contributed by atoms with van der Waals surface area (Å²) in [7, 11) is -3.09. The van der Waals surface area contributed by atoms with E-state index >= 15 is 0 Å². The molecule has 11 heteroatoms. The molecule has 1 N–H and O–H groups in total. The molecule has 0 saturated carbocycles. The Balaban J connectivity index is 1.85. The van der Waals surface area contributed by atoms with Gasteiger partial charge in [-0.15, -0.1) is 0 Å². The number of amides is 1. The van der Waals surface area contributed by atoms with Gasteiger partial charge in [-0.1, -0.05) is 54.4 Å². The highest BCUT2D eigenvalue weighted by atomic mass is 35.5. The summed E-state index contributed by atoms with van der Waals surface area (Å²) in [5, 5.41) is 1.63. The van der Waals surface area contributed by atoms with Crippen LogP contribution >= 0.6 is 23.2 Å². The summed E-state index contributed by atoms with van der Waals surface area (Å²) in [6, 6.07) is 5.87. The fraction of sp³-hybridized carbons (Fsp3) is 0.318. The molecule has 3 rings (SSSR count). The second-order valence-electron chi connectivity index (χ2n) is 7.69. The highest BCUT2D eigenvalue weighted by molar-refractivity contribution is 7.92. The van der Waals surface area contributed by atoms with Crippen LogP contribution < -0.4 is 5.32 Å². The minimum atomic E-state index is -4.68. The van der Waals surface area contributed by atoms with E-state index in [1.807, 2.05) is 0 Å². The lowest BCUT2D eigenvalue weighted by Gasteiger charge is -2.27. The van der Waals surface area contributed by atoms with Crippen molar-refractivity contribution in [1.29, 1.82) is 0 Å². The van der Waals surface area contributed by atoms with E-state index in [9.17, 15) is 30.8 Å². The van der Waals surface area contributed by atoms with Crippen molar-refractivity contribution >= 4 is 45.0 Å². The molecule has 4 nitrogen and oxygen atoms in total. The summed E-state index contributed by atoms with van der Waals surface area (Å²) < 4.78 is 77.2. The Morgan fingerprint density at radius 3 is 2.30 bits per heavy atom. The van der Waals surface area contributed by atoms with Crippen LogP contribution in [0.4, 0.5) is 17.6 Å². The zero-order valence-electron chi connectivity index (χ0n) is 17.2. The average molecular weight is 524 g/mol. The molecule has 1 amide bonds. The van der Waals surface area contributed by atoms with Crippen LogP contribution in [-0.2, 0) is 16.3 Å². The number of hydrogen-bond donors (Lipinski definition) is 1. The van der Waals surface area contributed by atoms with E-state index in [0.29, 0.717) is 23.1 Å². The van der Waals surface area contributed by atoms with Crippen molar-refractivity contribution in [3.63, 3.8) is 0 Å². The second-order valence-corrected chi connectivity index (χ2v) is 10.7. The maximum atomic E-state index is 13.7. The zero-order chi connectivity index (χ0) is 24.6. The third-order valence-corrected chi connectivity index (χ3v) is 7.57. The third kappa shape index (κ3) is 6.07. The smallest absolute Gasteiger partial charge is 0.347 e. The molecule has 2 aromatic rings. The topological polar surface area (TPSA) is 63.2 Å². The molecule has 178 valence electrons. The third-order valence-electron chi connectivity index (χ3n) is 5.20. The number of rotatable bonds is 6. The molecule has 0 aliphatic carbocycles. The number of carbonyl (C=O) groups excluding carboxylic acids is 1. The second kappa shape index (κ2) is 9.64. The summed E-state index contributed by atoms with van der Waals surface area (Å²) in [5.41, 5.74) is 1.03. The first-order valence-corrected chi connectivity index (χ1v) is 12.4. The van der Waals surface area contributed by atoms with Gasteiger partial charge in [-0.2, -0.15) is 13.2 Å². The summed E-state index contributed by atoms with van der Waals surface area (Å²) in [6.07, 6.45) is -2.09. The van der Waals surface area contributed by atoms with Gasteiger partial charge in [-0.3, -0.25) is 4.79 Å². The van der Waals surface area contributed by atoms with E-state index in [1.54, 1.807) is 13.0 Å². The largest absolute Gasteiger partial charge is 0.399 e. The highest BCUT2D eigenvalue weighted by Gasteiger charge is 2.39. The molecule has 0 radical (unpaired) electrons. The van der Waals surface area contributed by atoms with Crippen molar-refractivity contribution < 1.29 is 30.8 Å². The van der Waals surface area contributed by atoms with Crippen LogP contribution in [0.2, 0.25) is 10.0 Å². The predicted octanol–water partition coefficient (Wildman–Crippen LogP) is 5.58. The van der Waals surface area contributed by atoms with Gasteiger partial charge in [0.05, 0.1) is 33.5 Å². The molecule has 2 aromatic carbocycles. The van der Waals surface area contributed by atoms with E-state index in [0.717, 1.165) is 18.2 Å². The molecule has 1 aliphatic rings. The van der Waals surface area contributed by atoms with Crippen molar-refractivity contribution in [2.45, 2.75) is 31.5 Å². The maximum absolute atomic E-state index is 13.7. The number of halogens is 6. The van der Waals surface area contributed by atoms with Crippen molar-refractivity contribution in [2.24, 2.45) is 0 Å². The first-order valence-electron chi connectivity index (χ1n) is 9.84. The Labute approximate surface area is 198 Å². The fourth-order valence-electron chi connectivity index (χ4n) is 3.51.